The highest BCUT2D eigenvalue weighted by Crippen LogP contribution is 2.32. The van der Waals surface area contributed by atoms with Crippen LogP contribution in [0.2, 0.25) is 5.02 Å². The summed E-state index contributed by atoms with van der Waals surface area (Å²) in [5.74, 6) is 1.09. The number of benzene rings is 3. The molecule has 0 aromatic heterocycles. The van der Waals surface area contributed by atoms with Crippen LogP contribution in [0.4, 0.5) is 5.69 Å². The zero-order valence-corrected chi connectivity index (χ0v) is 15.9. The van der Waals surface area contributed by atoms with Gasteiger partial charge in [-0.15, -0.1) is 0 Å². The quantitative estimate of drug-likeness (QED) is 0.577. The SMILES string of the molecule is COc1ccc(C=C2N=C(c3ccccc3)N(c3ccccc3Cl)C2=O)cc1. The Morgan fingerprint density at radius 2 is 1.61 bits per heavy atom. The van der Waals surface area contributed by atoms with Crippen molar-refractivity contribution in [2.24, 2.45) is 4.99 Å². The number of anilines is 1. The van der Waals surface area contributed by atoms with Gasteiger partial charge in [0.05, 0.1) is 17.8 Å². The highest BCUT2D eigenvalue weighted by Gasteiger charge is 2.33. The van der Waals surface area contributed by atoms with Crippen LogP contribution in [0.5, 0.6) is 5.75 Å². The molecule has 4 rings (SSSR count). The maximum Gasteiger partial charge on any atom is 0.282 e. The molecule has 0 saturated carbocycles. The lowest BCUT2D eigenvalue weighted by Crippen LogP contribution is -2.32. The molecule has 138 valence electrons. The molecule has 3 aromatic rings. The Labute approximate surface area is 168 Å². The van der Waals surface area contributed by atoms with Crippen molar-refractivity contribution in [2.75, 3.05) is 12.0 Å². The minimum absolute atomic E-state index is 0.220. The van der Waals surface area contributed by atoms with E-state index < -0.39 is 0 Å². The Kier molecular flexibility index (Phi) is 4.96. The second-order valence-electron chi connectivity index (χ2n) is 6.20. The number of carbonyl (C=O) groups excluding carboxylic acids is 1. The summed E-state index contributed by atoms with van der Waals surface area (Å²) in [5, 5.41) is 0.491. The largest absolute Gasteiger partial charge is 0.497 e. The Bertz CT molecular complexity index is 1070. The number of aliphatic imine (C=N–C) groups is 1. The molecule has 1 amide bonds. The summed E-state index contributed by atoms with van der Waals surface area (Å²) >= 11 is 6.38. The van der Waals surface area contributed by atoms with E-state index in [2.05, 4.69) is 4.99 Å². The van der Waals surface area contributed by atoms with Crippen LogP contribution in [0.15, 0.2) is 89.6 Å². The molecule has 28 heavy (non-hydrogen) atoms. The second kappa shape index (κ2) is 7.71. The van der Waals surface area contributed by atoms with Crippen molar-refractivity contribution < 1.29 is 9.53 Å². The third-order valence-electron chi connectivity index (χ3n) is 4.40. The average molecular weight is 389 g/mol. The van der Waals surface area contributed by atoms with E-state index in [0.717, 1.165) is 16.9 Å². The first-order chi connectivity index (χ1) is 13.7. The van der Waals surface area contributed by atoms with Gasteiger partial charge in [-0.05, 0) is 35.9 Å². The number of amidine groups is 1. The third-order valence-corrected chi connectivity index (χ3v) is 4.72. The van der Waals surface area contributed by atoms with Crippen LogP contribution in [0.25, 0.3) is 6.08 Å². The van der Waals surface area contributed by atoms with Crippen LogP contribution in [0.1, 0.15) is 11.1 Å². The maximum absolute atomic E-state index is 13.2. The number of halogens is 1. The Morgan fingerprint density at radius 1 is 0.929 bits per heavy atom. The van der Waals surface area contributed by atoms with E-state index in [4.69, 9.17) is 16.3 Å². The molecule has 0 fully saturated rings. The van der Waals surface area contributed by atoms with Crippen LogP contribution in [0.3, 0.4) is 0 Å². The topological polar surface area (TPSA) is 41.9 Å². The standard InChI is InChI=1S/C23H17ClN2O2/c1-28-18-13-11-16(12-14-18)15-20-23(27)26(21-10-6-5-9-19(21)24)22(25-20)17-7-3-2-4-8-17/h2-15H,1H3. The molecular weight excluding hydrogens is 372 g/mol. The van der Waals surface area contributed by atoms with Crippen LogP contribution >= 0.6 is 11.6 Å². The number of hydrogen-bond acceptors (Lipinski definition) is 3. The molecule has 1 aliphatic heterocycles. The lowest BCUT2D eigenvalue weighted by Gasteiger charge is -2.19. The van der Waals surface area contributed by atoms with Gasteiger partial charge in [0.1, 0.15) is 17.3 Å². The highest BCUT2D eigenvalue weighted by atomic mass is 35.5. The average Bonchev–Trinajstić information content (AvgIpc) is 3.06. The molecule has 4 nitrogen and oxygen atoms in total. The zero-order chi connectivity index (χ0) is 19.5. The molecule has 3 aromatic carbocycles. The molecule has 5 heteroatoms. The molecule has 0 atom stereocenters. The van der Waals surface area contributed by atoms with Gasteiger partial charge in [-0.25, -0.2) is 4.99 Å². The van der Waals surface area contributed by atoms with Gasteiger partial charge in [-0.2, -0.15) is 0 Å². The van der Waals surface area contributed by atoms with Gasteiger partial charge in [-0.1, -0.05) is 66.2 Å². The first kappa shape index (κ1) is 18.0. The van der Waals surface area contributed by atoms with E-state index in [0.29, 0.717) is 22.2 Å². The van der Waals surface area contributed by atoms with E-state index in [1.165, 1.54) is 0 Å². The fraction of sp³-hybridized carbons (Fsp3) is 0.0435. The van der Waals surface area contributed by atoms with Crippen molar-refractivity contribution in [2.45, 2.75) is 0 Å². The normalized spacial score (nSPS) is 15.1. The molecule has 0 radical (unpaired) electrons. The molecule has 0 N–H and O–H groups in total. The number of nitrogens with zero attached hydrogens (tertiary/aromatic N) is 2. The summed E-state index contributed by atoms with van der Waals surface area (Å²) in [5.41, 5.74) is 2.66. The number of methoxy groups -OCH3 is 1. The first-order valence-electron chi connectivity index (χ1n) is 8.76. The number of ether oxygens (including phenoxy) is 1. The monoisotopic (exact) mass is 388 g/mol. The van der Waals surface area contributed by atoms with Crippen molar-refractivity contribution in [1.29, 1.82) is 0 Å². The molecule has 1 aliphatic rings. The molecule has 0 unspecified atom stereocenters. The second-order valence-corrected chi connectivity index (χ2v) is 6.60. The van der Waals surface area contributed by atoms with E-state index in [-0.39, 0.29) is 5.91 Å². The minimum atomic E-state index is -0.220. The highest BCUT2D eigenvalue weighted by molar-refractivity contribution is 6.39. The van der Waals surface area contributed by atoms with Gasteiger partial charge in [0.25, 0.3) is 5.91 Å². The van der Waals surface area contributed by atoms with Crippen molar-refractivity contribution in [3.05, 3.63) is 101 Å². The van der Waals surface area contributed by atoms with Crippen molar-refractivity contribution in [3.63, 3.8) is 0 Å². The van der Waals surface area contributed by atoms with Gasteiger partial charge >= 0.3 is 0 Å². The van der Waals surface area contributed by atoms with E-state index in [1.807, 2.05) is 72.8 Å². The number of para-hydroxylation sites is 1. The number of hydrogen-bond donors (Lipinski definition) is 0. The summed E-state index contributed by atoms with van der Waals surface area (Å²) in [6.45, 7) is 0. The van der Waals surface area contributed by atoms with Gasteiger partial charge in [0.2, 0.25) is 0 Å². The third kappa shape index (κ3) is 3.42. The van der Waals surface area contributed by atoms with Gasteiger partial charge in [-0.3, -0.25) is 9.69 Å². The Hall–Kier alpha value is -3.37. The van der Waals surface area contributed by atoms with Crippen molar-refractivity contribution >= 4 is 35.1 Å². The first-order valence-corrected chi connectivity index (χ1v) is 9.14. The molecule has 0 aliphatic carbocycles. The molecular formula is C23H17ClN2O2. The van der Waals surface area contributed by atoms with Crippen LogP contribution in [-0.4, -0.2) is 18.9 Å². The minimum Gasteiger partial charge on any atom is -0.497 e. The van der Waals surface area contributed by atoms with Gasteiger partial charge in [0, 0.05) is 5.56 Å². The predicted molar refractivity (Wildman–Crippen MR) is 113 cm³/mol. The summed E-state index contributed by atoms with van der Waals surface area (Å²) < 4.78 is 5.19. The van der Waals surface area contributed by atoms with Crippen LogP contribution in [-0.2, 0) is 4.79 Å². The molecule has 0 spiro atoms. The van der Waals surface area contributed by atoms with Crippen molar-refractivity contribution in [1.82, 2.24) is 0 Å². The van der Waals surface area contributed by atoms with Crippen molar-refractivity contribution in [3.8, 4) is 5.75 Å². The fourth-order valence-electron chi connectivity index (χ4n) is 3.01. The predicted octanol–water partition coefficient (Wildman–Crippen LogP) is 5.18. The Morgan fingerprint density at radius 3 is 2.29 bits per heavy atom. The van der Waals surface area contributed by atoms with E-state index >= 15 is 0 Å². The maximum atomic E-state index is 13.2. The van der Waals surface area contributed by atoms with Crippen LogP contribution < -0.4 is 9.64 Å². The summed E-state index contributed by atoms with van der Waals surface area (Å²) in [6, 6.07) is 24.3. The van der Waals surface area contributed by atoms with Gasteiger partial charge in [0.15, 0.2) is 0 Å². The fourth-order valence-corrected chi connectivity index (χ4v) is 3.23. The lowest BCUT2D eigenvalue weighted by molar-refractivity contribution is -0.113. The molecule has 0 saturated heterocycles. The summed E-state index contributed by atoms with van der Waals surface area (Å²) in [7, 11) is 1.62. The van der Waals surface area contributed by atoms with Gasteiger partial charge < -0.3 is 4.74 Å². The number of amides is 1. The summed E-state index contributed by atoms with van der Waals surface area (Å²) in [4.78, 5) is 19.4. The number of carbonyl (C=O) groups is 1. The smallest absolute Gasteiger partial charge is 0.282 e. The van der Waals surface area contributed by atoms with E-state index in [9.17, 15) is 4.79 Å². The molecule has 1 heterocycles. The zero-order valence-electron chi connectivity index (χ0n) is 15.2. The summed E-state index contributed by atoms with van der Waals surface area (Å²) in [6.07, 6.45) is 1.77. The Balaban J connectivity index is 1.81. The molecule has 0 bridgehead atoms. The lowest BCUT2D eigenvalue weighted by atomic mass is 10.1. The van der Waals surface area contributed by atoms with E-state index in [1.54, 1.807) is 24.2 Å². The number of rotatable bonds is 4. The van der Waals surface area contributed by atoms with Crippen LogP contribution in [0, 0.1) is 0 Å².